The Hall–Kier alpha value is -0.850. The average molecular weight is 529 g/mol. The Balaban J connectivity index is 2.00. The summed E-state index contributed by atoms with van der Waals surface area (Å²) >= 11 is 0. The highest BCUT2D eigenvalue weighted by Crippen LogP contribution is 2.20. The van der Waals surface area contributed by atoms with Gasteiger partial charge in [-0.05, 0) is 12.8 Å². The first kappa shape index (κ1) is 35.2. The first-order valence-corrected chi connectivity index (χ1v) is 17.8. The maximum Gasteiger partial charge on any atom is 0.184 e. The van der Waals surface area contributed by atoms with E-state index in [2.05, 4.69) is 49.7 Å². The van der Waals surface area contributed by atoms with E-state index in [4.69, 9.17) is 0 Å². The van der Waals surface area contributed by atoms with Gasteiger partial charge in [0.15, 0.2) is 11.9 Å². The van der Waals surface area contributed by atoms with Crippen molar-refractivity contribution in [3.05, 3.63) is 30.1 Å². The molecule has 0 bridgehead atoms. The minimum atomic E-state index is 0.686. The second kappa shape index (κ2) is 27.7. The fraction of sp³-hybridized carbons (Fsp3) is 0.865. The molecule has 222 valence electrons. The van der Waals surface area contributed by atoms with Crippen LogP contribution < -0.4 is 4.57 Å². The maximum absolute atomic E-state index is 2.56. The van der Waals surface area contributed by atoms with E-state index in [-0.39, 0.29) is 0 Å². The number of unbranched alkanes of at least 4 members (excludes halogenated alkanes) is 24. The van der Waals surface area contributed by atoms with Crippen LogP contribution in [-0.2, 0) is 6.54 Å². The van der Waals surface area contributed by atoms with Crippen LogP contribution in [-0.4, -0.2) is 0 Å². The molecule has 1 rings (SSSR count). The van der Waals surface area contributed by atoms with Gasteiger partial charge in [0.25, 0.3) is 0 Å². The standard InChI is InChI=1S/C37H70N/c1-4-6-8-10-12-14-16-17-18-19-21-23-25-27-30-34-38-35-31-29-33-37(38)36(3)32-28-26-24-22-20-15-13-11-9-7-5-2/h29,31,33,35-36H,4-28,30,32,34H2,1-3H3/q+1. The van der Waals surface area contributed by atoms with Crippen LogP contribution >= 0.6 is 0 Å². The number of aromatic nitrogens is 1. The van der Waals surface area contributed by atoms with Gasteiger partial charge >= 0.3 is 0 Å². The van der Waals surface area contributed by atoms with Gasteiger partial charge < -0.3 is 0 Å². The monoisotopic (exact) mass is 529 g/mol. The zero-order valence-electron chi connectivity index (χ0n) is 26.6. The van der Waals surface area contributed by atoms with E-state index in [1.807, 2.05) is 0 Å². The molecule has 38 heavy (non-hydrogen) atoms. The molecule has 1 heterocycles. The fourth-order valence-corrected chi connectivity index (χ4v) is 6.06. The predicted molar refractivity (Wildman–Crippen MR) is 171 cm³/mol. The third-order valence-electron chi connectivity index (χ3n) is 8.72. The molecule has 1 unspecified atom stereocenters. The van der Waals surface area contributed by atoms with E-state index in [0.29, 0.717) is 5.92 Å². The Bertz CT molecular complexity index is 594. The lowest BCUT2D eigenvalue weighted by atomic mass is 9.97. The molecule has 0 aromatic carbocycles. The van der Waals surface area contributed by atoms with Crippen molar-refractivity contribution >= 4 is 0 Å². The lowest BCUT2D eigenvalue weighted by Gasteiger charge is -2.11. The lowest BCUT2D eigenvalue weighted by molar-refractivity contribution is -0.705. The first-order chi connectivity index (χ1) is 18.8. The summed E-state index contributed by atoms with van der Waals surface area (Å²) in [4.78, 5) is 0. The van der Waals surface area contributed by atoms with Gasteiger partial charge in [-0.1, -0.05) is 181 Å². The molecule has 0 spiro atoms. The van der Waals surface area contributed by atoms with Crippen LogP contribution in [0.15, 0.2) is 24.4 Å². The van der Waals surface area contributed by atoms with E-state index in [1.165, 1.54) is 180 Å². The Morgan fingerprint density at radius 2 is 0.842 bits per heavy atom. The number of aryl methyl sites for hydroxylation is 1. The summed E-state index contributed by atoms with van der Waals surface area (Å²) in [5, 5.41) is 0. The number of hydrogen-bond donors (Lipinski definition) is 0. The SMILES string of the molecule is CCCCCCCCCCCCCCCCC[n+]1ccccc1C(C)CCCCCCCCCCCCC. The molecule has 1 aromatic heterocycles. The summed E-state index contributed by atoms with van der Waals surface area (Å²) in [6.45, 7) is 8.27. The second-order valence-corrected chi connectivity index (χ2v) is 12.5. The Morgan fingerprint density at radius 3 is 1.26 bits per heavy atom. The normalized spacial score (nSPS) is 12.3. The van der Waals surface area contributed by atoms with E-state index in [1.54, 1.807) is 5.69 Å². The largest absolute Gasteiger partial charge is 0.202 e. The van der Waals surface area contributed by atoms with Gasteiger partial charge in [0.05, 0.1) is 0 Å². The Labute approximate surface area is 241 Å². The van der Waals surface area contributed by atoms with Crippen molar-refractivity contribution in [2.75, 3.05) is 0 Å². The quantitative estimate of drug-likeness (QED) is 0.0719. The molecule has 0 N–H and O–H groups in total. The molecule has 1 aromatic rings. The first-order valence-electron chi connectivity index (χ1n) is 17.8. The predicted octanol–water partition coefficient (Wildman–Crippen LogP) is 12.7. The molecular weight excluding hydrogens is 458 g/mol. The van der Waals surface area contributed by atoms with Gasteiger partial charge in [-0.15, -0.1) is 0 Å². The van der Waals surface area contributed by atoms with Gasteiger partial charge in [-0.25, -0.2) is 4.57 Å². The minimum Gasteiger partial charge on any atom is -0.202 e. The van der Waals surface area contributed by atoms with Crippen molar-refractivity contribution in [1.82, 2.24) is 0 Å². The highest BCUT2D eigenvalue weighted by molar-refractivity contribution is 5.02. The van der Waals surface area contributed by atoms with Crippen molar-refractivity contribution in [2.24, 2.45) is 0 Å². The molecule has 0 aliphatic carbocycles. The molecule has 1 atom stereocenters. The molecule has 0 aliphatic heterocycles. The van der Waals surface area contributed by atoms with Gasteiger partial charge in [-0.3, -0.25) is 0 Å². The molecule has 0 amide bonds. The van der Waals surface area contributed by atoms with E-state index < -0.39 is 0 Å². The van der Waals surface area contributed by atoms with Crippen molar-refractivity contribution < 1.29 is 4.57 Å². The third kappa shape index (κ3) is 21.0. The van der Waals surface area contributed by atoms with Gasteiger partial charge in [0, 0.05) is 24.5 Å². The summed E-state index contributed by atoms with van der Waals surface area (Å²) in [5.41, 5.74) is 1.56. The molecular formula is C37H70N+. The van der Waals surface area contributed by atoms with Crippen molar-refractivity contribution in [3.8, 4) is 0 Å². The fourth-order valence-electron chi connectivity index (χ4n) is 6.06. The number of rotatable bonds is 29. The van der Waals surface area contributed by atoms with Crippen LogP contribution in [0.1, 0.15) is 206 Å². The molecule has 1 heteroatoms. The Morgan fingerprint density at radius 1 is 0.474 bits per heavy atom. The topological polar surface area (TPSA) is 3.88 Å². The zero-order valence-corrected chi connectivity index (χ0v) is 26.6. The average Bonchev–Trinajstić information content (AvgIpc) is 2.94. The summed E-state index contributed by atoms with van der Waals surface area (Å²) in [6, 6.07) is 6.85. The number of nitrogens with zero attached hydrogens (tertiary/aromatic N) is 1. The van der Waals surface area contributed by atoms with E-state index in [9.17, 15) is 0 Å². The molecule has 0 saturated heterocycles. The summed E-state index contributed by atoms with van der Waals surface area (Å²) in [7, 11) is 0. The smallest absolute Gasteiger partial charge is 0.184 e. The van der Waals surface area contributed by atoms with Crippen LogP contribution in [0.2, 0.25) is 0 Å². The highest BCUT2D eigenvalue weighted by Gasteiger charge is 2.16. The second-order valence-electron chi connectivity index (χ2n) is 12.5. The number of pyridine rings is 1. The van der Waals surface area contributed by atoms with Gasteiger partial charge in [0.1, 0.15) is 6.54 Å². The summed E-state index contributed by atoms with van der Waals surface area (Å²) in [6.07, 6.45) is 41.1. The van der Waals surface area contributed by atoms with Crippen LogP contribution in [0, 0.1) is 0 Å². The minimum absolute atomic E-state index is 0.686. The zero-order chi connectivity index (χ0) is 27.4. The highest BCUT2D eigenvalue weighted by atomic mass is 15.0. The molecule has 1 nitrogen and oxygen atoms in total. The molecule has 0 aliphatic rings. The Kier molecular flexibility index (Phi) is 25.6. The van der Waals surface area contributed by atoms with Crippen LogP contribution in [0.3, 0.4) is 0 Å². The summed E-state index contributed by atoms with van der Waals surface area (Å²) in [5.74, 6) is 0.686. The third-order valence-corrected chi connectivity index (χ3v) is 8.72. The lowest BCUT2D eigenvalue weighted by Crippen LogP contribution is -2.38. The van der Waals surface area contributed by atoms with E-state index in [0.717, 1.165) is 0 Å². The summed E-state index contributed by atoms with van der Waals surface area (Å²) < 4.78 is 2.56. The molecule has 0 fully saturated rings. The van der Waals surface area contributed by atoms with Gasteiger partial charge in [-0.2, -0.15) is 0 Å². The number of hydrogen-bond acceptors (Lipinski definition) is 0. The van der Waals surface area contributed by atoms with Gasteiger partial charge in [0.2, 0.25) is 0 Å². The molecule has 0 saturated carbocycles. The van der Waals surface area contributed by atoms with Crippen molar-refractivity contribution in [1.29, 1.82) is 0 Å². The van der Waals surface area contributed by atoms with E-state index >= 15 is 0 Å². The van der Waals surface area contributed by atoms with Crippen molar-refractivity contribution in [3.63, 3.8) is 0 Å². The van der Waals surface area contributed by atoms with Crippen LogP contribution in [0.5, 0.6) is 0 Å². The molecule has 0 radical (unpaired) electrons. The maximum atomic E-state index is 2.56. The van der Waals surface area contributed by atoms with Crippen LogP contribution in [0.4, 0.5) is 0 Å². The van der Waals surface area contributed by atoms with Crippen LogP contribution in [0.25, 0.3) is 0 Å². The van der Waals surface area contributed by atoms with Crippen molar-refractivity contribution in [2.45, 2.75) is 207 Å².